The van der Waals surface area contributed by atoms with Gasteiger partial charge in [0.1, 0.15) is 35.5 Å². The lowest BCUT2D eigenvalue weighted by Crippen LogP contribution is -2.13. The van der Waals surface area contributed by atoms with E-state index in [1.165, 1.54) is 6.07 Å². The van der Waals surface area contributed by atoms with Crippen molar-refractivity contribution in [3.05, 3.63) is 77.2 Å². The molecular formula is C29H31FN4O4. The molecule has 0 spiro atoms. The van der Waals surface area contributed by atoms with Crippen LogP contribution in [0.2, 0.25) is 0 Å². The van der Waals surface area contributed by atoms with Crippen molar-refractivity contribution in [1.82, 2.24) is 9.78 Å². The molecule has 0 amide bonds. The monoisotopic (exact) mass is 518 g/mol. The molecule has 0 atom stereocenters. The first kappa shape index (κ1) is 26.7. The second-order valence-electron chi connectivity index (χ2n) is 9.04. The molecule has 198 valence electrons. The van der Waals surface area contributed by atoms with Gasteiger partial charge in [-0.2, -0.15) is 5.10 Å². The van der Waals surface area contributed by atoms with Gasteiger partial charge < -0.3 is 19.9 Å². The molecule has 4 rings (SSSR count). The van der Waals surface area contributed by atoms with Crippen LogP contribution in [-0.4, -0.2) is 35.3 Å². The van der Waals surface area contributed by atoms with E-state index in [-0.39, 0.29) is 36.4 Å². The third-order valence-corrected chi connectivity index (χ3v) is 6.15. The number of hydrogen-bond donors (Lipinski definition) is 2. The maximum atomic E-state index is 15.2. The van der Waals surface area contributed by atoms with E-state index in [2.05, 4.69) is 0 Å². The second kappa shape index (κ2) is 11.3. The van der Waals surface area contributed by atoms with Crippen LogP contribution in [0, 0.1) is 11.2 Å². The number of nitrogens with zero attached hydrogens (tertiary/aromatic N) is 2. The van der Waals surface area contributed by atoms with Crippen molar-refractivity contribution in [2.45, 2.75) is 39.8 Å². The Morgan fingerprint density at radius 1 is 1.16 bits per heavy atom. The minimum atomic E-state index is -0.548. The van der Waals surface area contributed by atoms with Crippen LogP contribution in [0.1, 0.15) is 43.6 Å². The van der Waals surface area contributed by atoms with Gasteiger partial charge in [0, 0.05) is 28.6 Å². The van der Waals surface area contributed by atoms with Crippen molar-refractivity contribution in [3.63, 3.8) is 0 Å². The number of ether oxygens (including phenoxy) is 3. The van der Waals surface area contributed by atoms with Crippen molar-refractivity contribution in [2.24, 2.45) is 5.73 Å². The number of rotatable bonds is 10. The minimum Gasteiger partial charge on any atom is -0.497 e. The van der Waals surface area contributed by atoms with Crippen LogP contribution in [0.3, 0.4) is 0 Å². The Kier molecular flexibility index (Phi) is 7.95. The number of benzene rings is 3. The Morgan fingerprint density at radius 2 is 1.95 bits per heavy atom. The number of halogens is 1. The number of fused-ring (bicyclic) bond motifs is 1. The molecule has 0 saturated heterocycles. The quantitative estimate of drug-likeness (QED) is 0.165. The van der Waals surface area contributed by atoms with Crippen LogP contribution in [0.4, 0.5) is 4.39 Å². The van der Waals surface area contributed by atoms with Gasteiger partial charge in [-0.05, 0) is 50.6 Å². The zero-order valence-electron chi connectivity index (χ0n) is 21.9. The van der Waals surface area contributed by atoms with E-state index in [0.717, 1.165) is 10.9 Å². The fourth-order valence-electron chi connectivity index (χ4n) is 4.29. The molecule has 0 fully saturated rings. The average molecular weight is 519 g/mol. The molecular weight excluding hydrogens is 487 g/mol. The fourth-order valence-corrected chi connectivity index (χ4v) is 4.29. The van der Waals surface area contributed by atoms with Crippen LogP contribution >= 0.6 is 0 Å². The maximum Gasteiger partial charge on any atom is 0.310 e. The van der Waals surface area contributed by atoms with Gasteiger partial charge in [0.05, 0.1) is 31.2 Å². The predicted molar refractivity (Wildman–Crippen MR) is 144 cm³/mol. The third-order valence-electron chi connectivity index (χ3n) is 6.15. The number of nitrogens with one attached hydrogen (secondary N) is 1. The van der Waals surface area contributed by atoms with Gasteiger partial charge >= 0.3 is 5.97 Å². The summed E-state index contributed by atoms with van der Waals surface area (Å²) in [6, 6.07) is 15.8. The molecule has 0 aliphatic heterocycles. The fraction of sp³-hybridized carbons (Fsp3) is 0.276. The van der Waals surface area contributed by atoms with Crippen LogP contribution in [0.5, 0.6) is 11.5 Å². The van der Waals surface area contributed by atoms with Crippen molar-refractivity contribution < 1.29 is 23.4 Å². The molecule has 3 aromatic carbocycles. The van der Waals surface area contributed by atoms with Crippen molar-refractivity contribution in [3.8, 4) is 22.6 Å². The number of hydrogen-bond acceptors (Lipinski definition) is 6. The Hall–Kier alpha value is -4.40. The Morgan fingerprint density at radius 3 is 2.63 bits per heavy atom. The lowest BCUT2D eigenvalue weighted by molar-refractivity contribution is -0.142. The van der Waals surface area contributed by atoms with E-state index in [1.807, 2.05) is 36.7 Å². The van der Waals surface area contributed by atoms with Crippen LogP contribution < -0.4 is 15.2 Å². The number of nitrogen functional groups attached to an aromatic ring is 1. The van der Waals surface area contributed by atoms with Gasteiger partial charge in [0.25, 0.3) is 0 Å². The molecule has 4 aromatic rings. The number of carbonyl (C=O) groups is 1. The van der Waals surface area contributed by atoms with Crippen LogP contribution in [-0.2, 0) is 22.6 Å². The number of amidine groups is 1. The second-order valence-corrected chi connectivity index (χ2v) is 9.04. The van der Waals surface area contributed by atoms with Gasteiger partial charge in [-0.25, -0.2) is 4.39 Å². The number of esters is 1. The van der Waals surface area contributed by atoms with Gasteiger partial charge in [-0.3, -0.25) is 14.9 Å². The van der Waals surface area contributed by atoms with Crippen molar-refractivity contribution in [2.75, 3.05) is 13.7 Å². The molecule has 9 heteroatoms. The number of nitrogens with two attached hydrogens (primary N) is 1. The summed E-state index contributed by atoms with van der Waals surface area (Å²) < 4.78 is 33.7. The first-order valence-electron chi connectivity index (χ1n) is 12.3. The van der Waals surface area contributed by atoms with Crippen LogP contribution in [0.15, 0.2) is 54.6 Å². The highest BCUT2D eigenvalue weighted by molar-refractivity contribution is 5.97. The normalized spacial score (nSPS) is 11.1. The van der Waals surface area contributed by atoms with E-state index < -0.39 is 5.82 Å². The molecule has 1 aromatic heterocycles. The molecule has 0 aliphatic carbocycles. The topological polar surface area (TPSA) is 112 Å². The third kappa shape index (κ3) is 5.46. The summed E-state index contributed by atoms with van der Waals surface area (Å²) in [5.41, 5.74) is 8.79. The number of methoxy groups -OCH3 is 1. The van der Waals surface area contributed by atoms with Gasteiger partial charge in [-0.1, -0.05) is 24.3 Å². The first-order valence-corrected chi connectivity index (χ1v) is 12.3. The number of aromatic nitrogens is 2. The first-order chi connectivity index (χ1) is 18.2. The summed E-state index contributed by atoms with van der Waals surface area (Å²) in [5.74, 6) is -0.150. The van der Waals surface area contributed by atoms with E-state index in [1.54, 1.807) is 44.4 Å². The lowest BCUT2D eigenvalue weighted by atomic mass is 9.99. The van der Waals surface area contributed by atoms with E-state index >= 15 is 4.39 Å². The molecule has 0 radical (unpaired) electrons. The van der Waals surface area contributed by atoms with Gasteiger partial charge in [0.2, 0.25) is 0 Å². The van der Waals surface area contributed by atoms with Gasteiger partial charge in [-0.15, -0.1) is 0 Å². The predicted octanol–water partition coefficient (Wildman–Crippen LogP) is 5.40. The highest BCUT2D eigenvalue weighted by atomic mass is 19.1. The molecule has 0 saturated carbocycles. The largest absolute Gasteiger partial charge is 0.497 e. The summed E-state index contributed by atoms with van der Waals surface area (Å²) in [7, 11) is 1.56. The zero-order valence-corrected chi connectivity index (χ0v) is 21.9. The van der Waals surface area contributed by atoms with Crippen molar-refractivity contribution in [1.29, 1.82) is 5.41 Å². The van der Waals surface area contributed by atoms with E-state index in [9.17, 15) is 4.79 Å². The summed E-state index contributed by atoms with van der Waals surface area (Å²) in [6.45, 7) is 6.22. The molecule has 8 nitrogen and oxygen atoms in total. The summed E-state index contributed by atoms with van der Waals surface area (Å²) in [5, 5.41) is 13.3. The minimum absolute atomic E-state index is 0.0520. The molecule has 3 N–H and O–H groups in total. The highest BCUT2D eigenvalue weighted by Gasteiger charge is 2.18. The lowest BCUT2D eigenvalue weighted by Gasteiger charge is -2.12. The molecule has 1 heterocycles. The zero-order chi connectivity index (χ0) is 27.4. The van der Waals surface area contributed by atoms with Gasteiger partial charge in [0.15, 0.2) is 0 Å². The summed E-state index contributed by atoms with van der Waals surface area (Å²) >= 11 is 0. The Labute approximate surface area is 220 Å². The molecule has 38 heavy (non-hydrogen) atoms. The Bertz CT molecular complexity index is 1500. The molecule has 0 unspecified atom stereocenters. The van der Waals surface area contributed by atoms with Crippen molar-refractivity contribution >= 4 is 22.7 Å². The number of carbonyl (C=O) groups excluding carboxylic acids is 1. The average Bonchev–Trinajstić information content (AvgIpc) is 3.26. The highest BCUT2D eigenvalue weighted by Crippen LogP contribution is 2.32. The van der Waals surface area contributed by atoms with E-state index in [0.29, 0.717) is 40.5 Å². The summed E-state index contributed by atoms with van der Waals surface area (Å²) in [4.78, 5) is 12.1. The molecule has 0 bridgehead atoms. The van der Waals surface area contributed by atoms with Crippen LogP contribution in [0.25, 0.3) is 22.0 Å². The summed E-state index contributed by atoms with van der Waals surface area (Å²) in [6.07, 6.45) is 0.0598. The Balaban J connectivity index is 1.74. The molecule has 0 aliphatic rings. The smallest absolute Gasteiger partial charge is 0.310 e. The van der Waals surface area contributed by atoms with E-state index in [4.69, 9.17) is 30.5 Å². The maximum absolute atomic E-state index is 15.2. The SMILES string of the molecule is CCOC(=O)Cc1ccc(OC)cc1OCc1nn(C(C)C)c2ccc(-c3cccc(C(=N)N)c3F)cc12. The standard InChI is InChI=1S/C29H31FN4O4/c1-5-37-27(35)14-19-9-11-20(36-4)15-26(19)38-16-24-23-13-18(10-12-25(23)34(33-24)17(2)3)21-7-6-8-22(28(21)30)29(31)32/h6-13,15,17H,5,14,16H2,1-4H3,(H3,31,32).